The Morgan fingerprint density at radius 1 is 1.33 bits per heavy atom. The number of rotatable bonds is 2. The molecule has 3 rings (SSSR count). The van der Waals surface area contributed by atoms with Gasteiger partial charge in [-0.25, -0.2) is 0 Å². The average molecular weight is 279 g/mol. The van der Waals surface area contributed by atoms with E-state index in [4.69, 9.17) is 17.3 Å². The van der Waals surface area contributed by atoms with Crippen LogP contribution in [0.3, 0.4) is 0 Å². The van der Waals surface area contributed by atoms with Crippen molar-refractivity contribution in [1.29, 1.82) is 0 Å². The number of nitrogens with zero attached hydrogens (tertiary/aromatic N) is 1. The van der Waals surface area contributed by atoms with Gasteiger partial charge < -0.3 is 10.6 Å². The lowest BCUT2D eigenvalue weighted by atomic mass is 10.1. The Balaban J connectivity index is 1.84. The van der Waals surface area contributed by atoms with Gasteiger partial charge in [0.15, 0.2) is 0 Å². The molecule has 1 amide bonds. The van der Waals surface area contributed by atoms with Gasteiger partial charge in [0.05, 0.1) is 10.9 Å². The van der Waals surface area contributed by atoms with Crippen LogP contribution in [0.4, 0.5) is 5.69 Å². The zero-order valence-corrected chi connectivity index (χ0v) is 11.1. The van der Waals surface area contributed by atoms with Gasteiger partial charge in [-0.15, -0.1) is 11.3 Å². The van der Waals surface area contributed by atoms with Crippen molar-refractivity contribution >= 4 is 34.5 Å². The van der Waals surface area contributed by atoms with Gasteiger partial charge in [0.1, 0.15) is 0 Å². The molecule has 0 saturated heterocycles. The number of anilines is 1. The van der Waals surface area contributed by atoms with Crippen LogP contribution in [-0.4, -0.2) is 10.8 Å². The number of carbonyl (C=O) groups excluding carboxylic acids is 1. The number of thiophene rings is 1. The molecular formula is C13H11ClN2OS. The quantitative estimate of drug-likeness (QED) is 0.858. The van der Waals surface area contributed by atoms with E-state index >= 15 is 0 Å². The highest BCUT2D eigenvalue weighted by Gasteiger charge is 2.27. The fraction of sp³-hybridized carbons (Fsp3) is 0.154. The number of amides is 1. The van der Waals surface area contributed by atoms with Gasteiger partial charge in [0.2, 0.25) is 0 Å². The largest absolute Gasteiger partial charge is 0.399 e. The molecule has 3 nitrogen and oxygen atoms in total. The van der Waals surface area contributed by atoms with Crippen LogP contribution in [0.25, 0.3) is 0 Å². The molecule has 0 atom stereocenters. The fourth-order valence-corrected chi connectivity index (χ4v) is 3.23. The van der Waals surface area contributed by atoms with Crippen LogP contribution in [0.1, 0.15) is 20.8 Å². The molecule has 0 spiro atoms. The number of carbonyl (C=O) groups is 1. The number of hydrogen-bond donors (Lipinski definition) is 1. The van der Waals surface area contributed by atoms with E-state index in [1.807, 2.05) is 29.2 Å². The second-order valence-corrected chi connectivity index (χ2v) is 6.08. The predicted molar refractivity (Wildman–Crippen MR) is 73.8 cm³/mol. The summed E-state index contributed by atoms with van der Waals surface area (Å²) in [6.07, 6.45) is 0. The topological polar surface area (TPSA) is 46.3 Å². The number of nitrogens with two attached hydrogens (primary N) is 1. The summed E-state index contributed by atoms with van der Waals surface area (Å²) in [6, 6.07) is 9.31. The highest BCUT2D eigenvalue weighted by molar-refractivity contribution is 7.16. The molecule has 18 heavy (non-hydrogen) atoms. The van der Waals surface area contributed by atoms with Crippen LogP contribution in [0, 0.1) is 0 Å². The SMILES string of the molecule is Nc1ccc2c(c1)C(=O)N(Cc1ccc(Cl)s1)C2. The van der Waals surface area contributed by atoms with Crippen molar-refractivity contribution in [2.75, 3.05) is 5.73 Å². The molecule has 5 heteroatoms. The highest BCUT2D eigenvalue weighted by atomic mass is 35.5. The smallest absolute Gasteiger partial charge is 0.254 e. The molecular weight excluding hydrogens is 268 g/mol. The van der Waals surface area contributed by atoms with Gasteiger partial charge in [-0.3, -0.25) is 4.79 Å². The number of hydrogen-bond acceptors (Lipinski definition) is 3. The van der Waals surface area contributed by atoms with Gasteiger partial charge in [-0.2, -0.15) is 0 Å². The molecule has 0 aliphatic carbocycles. The van der Waals surface area contributed by atoms with Crippen molar-refractivity contribution in [3.05, 3.63) is 50.7 Å². The summed E-state index contributed by atoms with van der Waals surface area (Å²) in [5.41, 5.74) is 8.09. The van der Waals surface area contributed by atoms with E-state index in [9.17, 15) is 4.79 Å². The summed E-state index contributed by atoms with van der Waals surface area (Å²) in [5, 5.41) is 0. The van der Waals surface area contributed by atoms with E-state index in [-0.39, 0.29) is 5.91 Å². The van der Waals surface area contributed by atoms with Crippen LogP contribution in [0.2, 0.25) is 4.34 Å². The Hall–Kier alpha value is -1.52. The minimum Gasteiger partial charge on any atom is -0.399 e. The lowest BCUT2D eigenvalue weighted by Crippen LogP contribution is -2.22. The third-order valence-corrected chi connectivity index (χ3v) is 4.20. The molecule has 2 N–H and O–H groups in total. The zero-order chi connectivity index (χ0) is 12.7. The molecule has 0 unspecified atom stereocenters. The summed E-state index contributed by atoms with van der Waals surface area (Å²) < 4.78 is 0.749. The van der Waals surface area contributed by atoms with Crippen LogP contribution < -0.4 is 5.73 Å². The number of fused-ring (bicyclic) bond motifs is 1. The number of benzene rings is 1. The van der Waals surface area contributed by atoms with Crippen molar-refractivity contribution in [2.45, 2.75) is 13.1 Å². The van der Waals surface area contributed by atoms with Gasteiger partial charge in [-0.05, 0) is 29.8 Å². The average Bonchev–Trinajstić information content (AvgIpc) is 2.86. The number of nitrogen functional groups attached to an aromatic ring is 1. The molecule has 0 saturated carbocycles. The standard InChI is InChI=1S/C13H11ClN2OS/c14-12-4-3-10(18-12)7-16-6-8-1-2-9(15)5-11(8)13(16)17/h1-5H,6-7,15H2. The second kappa shape index (κ2) is 4.30. The van der Waals surface area contributed by atoms with Gasteiger partial charge >= 0.3 is 0 Å². The molecule has 0 bridgehead atoms. The van der Waals surface area contributed by atoms with Crippen LogP contribution in [0.15, 0.2) is 30.3 Å². The molecule has 1 aliphatic heterocycles. The van der Waals surface area contributed by atoms with E-state index in [1.165, 1.54) is 11.3 Å². The van der Waals surface area contributed by atoms with Crippen LogP contribution in [0.5, 0.6) is 0 Å². The predicted octanol–water partition coefficient (Wildman–Crippen LogP) is 3.14. The molecule has 92 valence electrons. The molecule has 0 radical (unpaired) electrons. The lowest BCUT2D eigenvalue weighted by Gasteiger charge is -2.13. The molecule has 2 aromatic rings. The third kappa shape index (κ3) is 1.98. The summed E-state index contributed by atoms with van der Waals surface area (Å²) >= 11 is 7.40. The second-order valence-electron chi connectivity index (χ2n) is 4.28. The Labute approximate surface area is 114 Å². The van der Waals surface area contributed by atoms with Crippen molar-refractivity contribution in [1.82, 2.24) is 4.90 Å². The van der Waals surface area contributed by atoms with Crippen molar-refractivity contribution in [3.8, 4) is 0 Å². The monoisotopic (exact) mass is 278 g/mol. The summed E-state index contributed by atoms with van der Waals surface area (Å²) in [5.74, 6) is 0.0434. The molecule has 1 aromatic carbocycles. The summed E-state index contributed by atoms with van der Waals surface area (Å²) in [7, 11) is 0. The minimum atomic E-state index is 0.0434. The van der Waals surface area contributed by atoms with Crippen molar-refractivity contribution in [2.24, 2.45) is 0 Å². The van der Waals surface area contributed by atoms with Crippen LogP contribution in [-0.2, 0) is 13.1 Å². The summed E-state index contributed by atoms with van der Waals surface area (Å²) in [6.45, 7) is 1.24. The van der Waals surface area contributed by atoms with E-state index in [0.717, 1.165) is 20.3 Å². The fourth-order valence-electron chi connectivity index (χ4n) is 2.13. The Kier molecular flexibility index (Phi) is 2.76. The van der Waals surface area contributed by atoms with Crippen molar-refractivity contribution in [3.63, 3.8) is 0 Å². The van der Waals surface area contributed by atoms with E-state index in [0.29, 0.717) is 18.8 Å². The van der Waals surface area contributed by atoms with Gasteiger partial charge in [0.25, 0.3) is 5.91 Å². The van der Waals surface area contributed by atoms with E-state index in [1.54, 1.807) is 6.07 Å². The third-order valence-electron chi connectivity index (χ3n) is 2.99. The minimum absolute atomic E-state index is 0.0434. The maximum Gasteiger partial charge on any atom is 0.254 e. The Morgan fingerprint density at radius 2 is 2.17 bits per heavy atom. The van der Waals surface area contributed by atoms with Crippen molar-refractivity contribution < 1.29 is 4.79 Å². The summed E-state index contributed by atoms with van der Waals surface area (Å²) in [4.78, 5) is 15.1. The number of halogens is 1. The van der Waals surface area contributed by atoms with Crippen LogP contribution >= 0.6 is 22.9 Å². The Morgan fingerprint density at radius 3 is 2.89 bits per heavy atom. The first-order valence-electron chi connectivity index (χ1n) is 5.55. The molecule has 2 heterocycles. The first-order chi connectivity index (χ1) is 8.63. The molecule has 1 aliphatic rings. The van der Waals surface area contributed by atoms with E-state index < -0.39 is 0 Å². The maximum atomic E-state index is 12.2. The van der Waals surface area contributed by atoms with Gasteiger partial charge in [-0.1, -0.05) is 17.7 Å². The maximum absolute atomic E-state index is 12.2. The highest BCUT2D eigenvalue weighted by Crippen LogP contribution is 2.29. The molecule has 1 aromatic heterocycles. The lowest BCUT2D eigenvalue weighted by molar-refractivity contribution is 0.0768. The first-order valence-corrected chi connectivity index (χ1v) is 6.75. The zero-order valence-electron chi connectivity index (χ0n) is 9.52. The normalized spacial score (nSPS) is 14.1. The van der Waals surface area contributed by atoms with E-state index in [2.05, 4.69) is 0 Å². The molecule has 0 fully saturated rings. The Bertz CT molecular complexity index is 623. The first kappa shape index (κ1) is 11.6. The van der Waals surface area contributed by atoms with Gasteiger partial charge in [0, 0.05) is 22.7 Å².